The largest absolute Gasteiger partial charge is 0.492 e. The van der Waals surface area contributed by atoms with Crippen molar-refractivity contribution in [2.24, 2.45) is 0 Å². The van der Waals surface area contributed by atoms with Crippen LogP contribution in [0.5, 0.6) is 11.5 Å². The molecule has 0 radical (unpaired) electrons. The summed E-state index contributed by atoms with van der Waals surface area (Å²) in [6.45, 7) is 0.123. The summed E-state index contributed by atoms with van der Waals surface area (Å²) in [5, 5.41) is 9.45. The maximum absolute atomic E-state index is 8.84. The molecule has 0 unspecified atom stereocenters. The summed E-state index contributed by atoms with van der Waals surface area (Å²) in [4.78, 5) is 0. The topological polar surface area (TPSA) is 38.7 Å². The molecule has 90 valence electrons. The second-order valence-electron chi connectivity index (χ2n) is 3.21. The Hall–Kier alpha value is -0.450. The lowest BCUT2D eigenvalue weighted by Gasteiger charge is -2.15. The number of ether oxygens (including phenoxy) is 2. The van der Waals surface area contributed by atoms with E-state index in [2.05, 4.69) is 15.9 Å². The molecule has 3 nitrogen and oxygen atoms in total. The van der Waals surface area contributed by atoms with Gasteiger partial charge in [-0.15, -0.1) is 0 Å². The SMILES string of the molecule is COc1c(Br)cc(Cl)c(CCCO)c1OC. The van der Waals surface area contributed by atoms with Crippen molar-refractivity contribution < 1.29 is 14.6 Å². The fourth-order valence-electron chi connectivity index (χ4n) is 1.51. The first kappa shape index (κ1) is 13.6. The highest BCUT2D eigenvalue weighted by Crippen LogP contribution is 2.42. The number of aliphatic hydroxyl groups excluding tert-OH is 1. The molecule has 0 saturated carbocycles. The Bertz CT molecular complexity index is 369. The van der Waals surface area contributed by atoms with Crippen molar-refractivity contribution >= 4 is 27.5 Å². The van der Waals surface area contributed by atoms with E-state index < -0.39 is 0 Å². The quantitative estimate of drug-likeness (QED) is 0.908. The van der Waals surface area contributed by atoms with Crippen molar-refractivity contribution in [1.29, 1.82) is 0 Å². The number of halogens is 2. The van der Waals surface area contributed by atoms with Gasteiger partial charge in [-0.1, -0.05) is 11.6 Å². The predicted octanol–water partition coefficient (Wildman–Crippen LogP) is 3.04. The van der Waals surface area contributed by atoms with E-state index in [0.29, 0.717) is 29.4 Å². The smallest absolute Gasteiger partial charge is 0.175 e. The molecule has 0 aliphatic heterocycles. The van der Waals surface area contributed by atoms with Gasteiger partial charge >= 0.3 is 0 Å². The molecule has 5 heteroatoms. The summed E-state index contributed by atoms with van der Waals surface area (Å²) in [6.07, 6.45) is 1.29. The molecular formula is C11H14BrClO3. The van der Waals surface area contributed by atoms with Crippen molar-refractivity contribution in [3.63, 3.8) is 0 Å². The van der Waals surface area contributed by atoms with Crippen LogP contribution in [-0.2, 0) is 6.42 Å². The fraction of sp³-hybridized carbons (Fsp3) is 0.455. The second kappa shape index (κ2) is 6.33. The monoisotopic (exact) mass is 308 g/mol. The van der Waals surface area contributed by atoms with Crippen molar-refractivity contribution in [2.45, 2.75) is 12.8 Å². The van der Waals surface area contributed by atoms with Crippen molar-refractivity contribution in [3.05, 3.63) is 21.1 Å². The van der Waals surface area contributed by atoms with E-state index in [4.69, 9.17) is 26.2 Å². The summed E-state index contributed by atoms with van der Waals surface area (Å²) in [7, 11) is 3.15. The zero-order chi connectivity index (χ0) is 12.1. The van der Waals surface area contributed by atoms with Gasteiger partial charge in [0.15, 0.2) is 11.5 Å². The van der Waals surface area contributed by atoms with E-state index in [1.54, 1.807) is 20.3 Å². The van der Waals surface area contributed by atoms with E-state index >= 15 is 0 Å². The van der Waals surface area contributed by atoms with E-state index in [-0.39, 0.29) is 6.61 Å². The maximum Gasteiger partial charge on any atom is 0.175 e. The number of rotatable bonds is 5. The summed E-state index contributed by atoms with van der Waals surface area (Å²) in [5.74, 6) is 1.25. The summed E-state index contributed by atoms with van der Waals surface area (Å²) in [5.41, 5.74) is 0.860. The average Bonchev–Trinajstić information content (AvgIpc) is 2.27. The first-order valence-electron chi connectivity index (χ1n) is 4.85. The molecule has 16 heavy (non-hydrogen) atoms. The molecule has 1 aromatic rings. The van der Waals surface area contributed by atoms with Gasteiger partial charge in [0.1, 0.15) is 0 Å². The maximum atomic E-state index is 8.84. The van der Waals surface area contributed by atoms with Crippen molar-refractivity contribution in [1.82, 2.24) is 0 Å². The summed E-state index contributed by atoms with van der Waals surface area (Å²) in [6, 6.07) is 1.77. The molecule has 0 aliphatic carbocycles. The number of benzene rings is 1. The lowest BCUT2D eigenvalue weighted by molar-refractivity contribution is 0.287. The van der Waals surface area contributed by atoms with Crippen molar-refractivity contribution in [3.8, 4) is 11.5 Å². The van der Waals surface area contributed by atoms with E-state index in [9.17, 15) is 0 Å². The second-order valence-corrected chi connectivity index (χ2v) is 4.47. The average molecular weight is 310 g/mol. The van der Waals surface area contributed by atoms with Crippen LogP contribution in [0.15, 0.2) is 10.5 Å². The zero-order valence-electron chi connectivity index (χ0n) is 9.22. The van der Waals surface area contributed by atoms with Gasteiger partial charge in [0.25, 0.3) is 0 Å². The molecule has 1 rings (SSSR count). The molecule has 0 saturated heterocycles. The van der Waals surface area contributed by atoms with Crippen LogP contribution >= 0.6 is 27.5 Å². The first-order valence-corrected chi connectivity index (χ1v) is 6.02. The first-order chi connectivity index (χ1) is 7.65. The number of methoxy groups -OCH3 is 2. The van der Waals surface area contributed by atoms with Crippen LogP contribution in [0.2, 0.25) is 5.02 Å². The van der Waals surface area contributed by atoms with Gasteiger partial charge in [0.05, 0.1) is 18.7 Å². The molecule has 0 aliphatic rings. The Kier molecular flexibility index (Phi) is 5.38. The number of aliphatic hydroxyl groups is 1. The van der Waals surface area contributed by atoms with Gasteiger partial charge in [-0.25, -0.2) is 0 Å². The van der Waals surface area contributed by atoms with Gasteiger partial charge in [0, 0.05) is 17.2 Å². The molecule has 0 atom stereocenters. The molecule has 0 amide bonds. The Morgan fingerprint density at radius 2 is 1.94 bits per heavy atom. The Balaban J connectivity index is 3.22. The molecule has 0 spiro atoms. The van der Waals surface area contributed by atoms with E-state index in [0.717, 1.165) is 10.0 Å². The minimum atomic E-state index is 0.123. The van der Waals surface area contributed by atoms with Gasteiger partial charge in [-0.05, 0) is 34.8 Å². The summed E-state index contributed by atoms with van der Waals surface area (Å²) >= 11 is 9.49. The molecule has 0 aromatic heterocycles. The standard InChI is InChI=1S/C11H14BrClO3/c1-15-10-7(4-3-5-14)9(13)6-8(12)11(10)16-2/h6,14H,3-5H2,1-2H3. The third-order valence-electron chi connectivity index (χ3n) is 2.23. The Morgan fingerprint density at radius 3 is 2.44 bits per heavy atom. The lowest BCUT2D eigenvalue weighted by atomic mass is 10.1. The fourth-order valence-corrected chi connectivity index (χ4v) is 2.50. The van der Waals surface area contributed by atoms with Crippen LogP contribution in [0, 0.1) is 0 Å². The highest BCUT2D eigenvalue weighted by atomic mass is 79.9. The van der Waals surface area contributed by atoms with Gasteiger partial charge in [-0.3, -0.25) is 0 Å². The summed E-state index contributed by atoms with van der Waals surface area (Å²) < 4.78 is 11.3. The third kappa shape index (κ3) is 2.81. The molecule has 1 N–H and O–H groups in total. The minimum Gasteiger partial charge on any atom is -0.492 e. The van der Waals surface area contributed by atoms with Gasteiger partial charge < -0.3 is 14.6 Å². The normalized spacial score (nSPS) is 10.3. The highest BCUT2D eigenvalue weighted by molar-refractivity contribution is 9.10. The minimum absolute atomic E-state index is 0.123. The van der Waals surface area contributed by atoms with Crippen LogP contribution in [0.4, 0.5) is 0 Å². The van der Waals surface area contributed by atoms with Crippen LogP contribution in [-0.4, -0.2) is 25.9 Å². The molecule has 0 bridgehead atoms. The van der Waals surface area contributed by atoms with E-state index in [1.807, 2.05) is 0 Å². The third-order valence-corrected chi connectivity index (χ3v) is 3.16. The molecule has 0 fully saturated rings. The Morgan fingerprint density at radius 1 is 1.31 bits per heavy atom. The van der Waals surface area contributed by atoms with Crippen LogP contribution in [0.1, 0.15) is 12.0 Å². The van der Waals surface area contributed by atoms with Gasteiger partial charge in [0.2, 0.25) is 0 Å². The number of hydrogen-bond acceptors (Lipinski definition) is 3. The van der Waals surface area contributed by atoms with Gasteiger partial charge in [-0.2, -0.15) is 0 Å². The molecule has 1 aromatic carbocycles. The van der Waals surface area contributed by atoms with Crippen LogP contribution in [0.25, 0.3) is 0 Å². The molecule has 0 heterocycles. The Labute approximate surface area is 108 Å². The predicted molar refractivity (Wildman–Crippen MR) is 67.7 cm³/mol. The van der Waals surface area contributed by atoms with E-state index in [1.165, 1.54) is 0 Å². The highest BCUT2D eigenvalue weighted by Gasteiger charge is 2.17. The van der Waals surface area contributed by atoms with Crippen LogP contribution < -0.4 is 9.47 Å². The molecular weight excluding hydrogens is 295 g/mol. The van der Waals surface area contributed by atoms with Crippen LogP contribution in [0.3, 0.4) is 0 Å². The zero-order valence-corrected chi connectivity index (χ0v) is 11.6. The van der Waals surface area contributed by atoms with Crippen molar-refractivity contribution in [2.75, 3.05) is 20.8 Å². The number of hydrogen-bond donors (Lipinski definition) is 1. The lowest BCUT2D eigenvalue weighted by Crippen LogP contribution is -1.99.